The van der Waals surface area contributed by atoms with Gasteiger partial charge in [-0.25, -0.2) is 0 Å². The third kappa shape index (κ3) is 1.99. The van der Waals surface area contributed by atoms with Crippen molar-refractivity contribution >= 4 is 16.5 Å². The molecule has 4 heteroatoms. The summed E-state index contributed by atoms with van der Waals surface area (Å²) in [6.45, 7) is 2.94. The van der Waals surface area contributed by atoms with Crippen molar-refractivity contribution in [3.63, 3.8) is 0 Å². The molecule has 0 saturated carbocycles. The minimum atomic E-state index is -1.42. The highest BCUT2D eigenvalue weighted by atomic mass is 28.2. The number of carbonyl (C=O) groups is 1. The zero-order valence-corrected chi connectivity index (χ0v) is 4.43. The summed E-state index contributed by atoms with van der Waals surface area (Å²) < 4.78 is 3.96. The lowest BCUT2D eigenvalue weighted by molar-refractivity contribution is -0.301. The summed E-state index contributed by atoms with van der Waals surface area (Å²) >= 11 is 0. The maximum absolute atomic E-state index is 9.56. The van der Waals surface area contributed by atoms with E-state index in [1.54, 1.807) is 0 Å². The summed E-state index contributed by atoms with van der Waals surface area (Å²) in [4.78, 5) is 9.56. The van der Waals surface area contributed by atoms with E-state index in [4.69, 9.17) is 0 Å². The number of hydrogen-bond acceptors (Lipinski definition) is 3. The van der Waals surface area contributed by atoms with Crippen molar-refractivity contribution in [1.29, 1.82) is 0 Å². The van der Waals surface area contributed by atoms with E-state index >= 15 is 0 Å². The Bertz CT molecular complexity index is 98.4. The normalized spacial score (nSPS) is 7.57. The van der Waals surface area contributed by atoms with E-state index in [1.807, 2.05) is 0 Å². The molecule has 0 bridgehead atoms. The first-order chi connectivity index (χ1) is 3.18. The fraction of sp³-hybridized carbons (Fsp3) is 0. The van der Waals surface area contributed by atoms with Crippen LogP contribution >= 0.6 is 0 Å². The first-order valence-electron chi connectivity index (χ1n) is 1.42. The van der Waals surface area contributed by atoms with Crippen molar-refractivity contribution in [2.75, 3.05) is 0 Å². The van der Waals surface area contributed by atoms with Gasteiger partial charge in [-0.3, -0.25) is 0 Å². The zero-order valence-electron chi connectivity index (χ0n) is 3.43. The number of hydrogen-bond donors (Lipinski definition) is 0. The van der Waals surface area contributed by atoms with E-state index in [1.165, 1.54) is 0 Å². The summed E-state index contributed by atoms with van der Waals surface area (Å²) in [5.41, 5.74) is 0. The SMILES string of the molecule is C=C(O[Si])C(=O)[O-]. The molecule has 0 aliphatic rings. The second-order valence-electron chi connectivity index (χ2n) is 0.813. The number of carboxylic acid groups (broad SMARTS) is 1. The molecule has 37 valence electrons. The van der Waals surface area contributed by atoms with Crippen LogP contribution in [-0.2, 0) is 9.22 Å². The lowest BCUT2D eigenvalue weighted by atomic mass is 10.6. The molecule has 0 heterocycles. The fourth-order valence-corrected chi connectivity index (χ4v) is 0.125. The van der Waals surface area contributed by atoms with Gasteiger partial charge in [0.25, 0.3) is 0 Å². The summed E-state index contributed by atoms with van der Waals surface area (Å²) in [5, 5.41) is 9.56. The van der Waals surface area contributed by atoms with Crippen LogP contribution in [0, 0.1) is 0 Å². The van der Waals surface area contributed by atoms with Crippen molar-refractivity contribution in [3.8, 4) is 0 Å². The molecule has 0 N–H and O–H groups in total. The first-order valence-corrected chi connectivity index (χ1v) is 1.83. The number of carboxylic acids is 1. The second kappa shape index (κ2) is 2.41. The Balaban J connectivity index is 3.58. The Labute approximate surface area is 44.1 Å². The lowest BCUT2D eigenvalue weighted by Gasteiger charge is -2.01. The van der Waals surface area contributed by atoms with Crippen molar-refractivity contribution in [1.82, 2.24) is 0 Å². The molecule has 0 unspecified atom stereocenters. The molecule has 0 saturated heterocycles. The monoisotopic (exact) mass is 114 g/mol. The first kappa shape index (κ1) is 6.23. The van der Waals surface area contributed by atoms with E-state index in [0.29, 0.717) is 0 Å². The highest BCUT2D eigenvalue weighted by molar-refractivity contribution is 6.01. The van der Waals surface area contributed by atoms with E-state index in [9.17, 15) is 9.90 Å². The van der Waals surface area contributed by atoms with Gasteiger partial charge < -0.3 is 14.3 Å². The fourth-order valence-electron chi connectivity index (χ4n) is 0.0417. The van der Waals surface area contributed by atoms with Crippen LogP contribution in [0.5, 0.6) is 0 Å². The third-order valence-electron chi connectivity index (χ3n) is 0.351. The molecule has 0 aromatic heterocycles. The molecule has 0 aliphatic carbocycles. The van der Waals surface area contributed by atoms with E-state index in [-0.39, 0.29) is 0 Å². The Morgan fingerprint density at radius 3 is 2.29 bits per heavy atom. The van der Waals surface area contributed by atoms with Crippen LogP contribution < -0.4 is 5.11 Å². The molecule has 0 rings (SSSR count). The van der Waals surface area contributed by atoms with Crippen LogP contribution in [0.1, 0.15) is 0 Å². The van der Waals surface area contributed by atoms with Crippen LogP contribution in [0.25, 0.3) is 0 Å². The van der Waals surface area contributed by atoms with Crippen LogP contribution in [-0.4, -0.2) is 16.5 Å². The maximum Gasteiger partial charge on any atom is 0.341 e. The highest BCUT2D eigenvalue weighted by Gasteiger charge is 1.85. The van der Waals surface area contributed by atoms with Crippen molar-refractivity contribution < 1.29 is 14.3 Å². The third-order valence-corrected chi connectivity index (χ3v) is 0.597. The Kier molecular flexibility index (Phi) is 2.14. The molecule has 7 heavy (non-hydrogen) atoms. The Hall–Kier alpha value is -0.773. The van der Waals surface area contributed by atoms with Gasteiger partial charge >= 0.3 is 10.5 Å². The molecule has 3 radical (unpaired) electrons. The van der Waals surface area contributed by atoms with Gasteiger partial charge in [0.1, 0.15) is 11.7 Å². The van der Waals surface area contributed by atoms with Crippen LogP contribution in [0.15, 0.2) is 12.3 Å². The quantitative estimate of drug-likeness (QED) is 0.245. The lowest BCUT2D eigenvalue weighted by Crippen LogP contribution is -2.24. The molecule has 0 amide bonds. The van der Waals surface area contributed by atoms with Crippen LogP contribution in [0.3, 0.4) is 0 Å². The van der Waals surface area contributed by atoms with Gasteiger partial charge in [-0.1, -0.05) is 6.58 Å². The number of aliphatic carboxylic acids is 1. The van der Waals surface area contributed by atoms with Gasteiger partial charge in [-0.2, -0.15) is 0 Å². The summed E-state index contributed by atoms with van der Waals surface area (Å²) in [5.74, 6) is -1.85. The standard InChI is InChI=1S/C3H3O3Si/c1-2(6-7)3(4)5/h1H2,(H,4,5)/p-1. The summed E-state index contributed by atoms with van der Waals surface area (Å²) in [6.07, 6.45) is 0. The summed E-state index contributed by atoms with van der Waals surface area (Å²) in [6, 6.07) is 0. The second-order valence-corrected chi connectivity index (χ2v) is 1.02. The highest BCUT2D eigenvalue weighted by Crippen LogP contribution is 1.82. The average molecular weight is 114 g/mol. The zero-order chi connectivity index (χ0) is 5.86. The number of carbonyl (C=O) groups excluding carboxylic acids is 1. The van der Waals surface area contributed by atoms with Gasteiger partial charge in [0.05, 0.1) is 0 Å². The molecule has 0 fully saturated rings. The van der Waals surface area contributed by atoms with Crippen molar-refractivity contribution in [2.45, 2.75) is 0 Å². The molecule has 0 aliphatic heterocycles. The van der Waals surface area contributed by atoms with Crippen LogP contribution in [0.2, 0.25) is 0 Å². The van der Waals surface area contributed by atoms with E-state index in [0.717, 1.165) is 0 Å². The van der Waals surface area contributed by atoms with Gasteiger partial charge in [0.15, 0.2) is 0 Å². The van der Waals surface area contributed by atoms with Crippen LogP contribution in [0.4, 0.5) is 0 Å². The predicted molar refractivity (Wildman–Crippen MR) is 21.0 cm³/mol. The molecular formula is C3H2O3Si-. The van der Waals surface area contributed by atoms with Gasteiger partial charge in [-0.05, 0) is 0 Å². The van der Waals surface area contributed by atoms with E-state index in [2.05, 4.69) is 21.5 Å². The average Bonchev–Trinajstić information content (AvgIpc) is 1.65. The minimum absolute atomic E-state index is 0.434. The van der Waals surface area contributed by atoms with Gasteiger partial charge in [0, 0.05) is 0 Å². The molecule has 0 spiro atoms. The molecule has 0 atom stereocenters. The predicted octanol–water partition coefficient (Wildman–Crippen LogP) is -1.65. The molecule has 0 aromatic carbocycles. The smallest absolute Gasteiger partial charge is 0.341 e. The van der Waals surface area contributed by atoms with Gasteiger partial charge in [0.2, 0.25) is 0 Å². The maximum atomic E-state index is 9.56. The Morgan fingerprint density at radius 2 is 2.29 bits per heavy atom. The Morgan fingerprint density at radius 1 is 1.86 bits per heavy atom. The van der Waals surface area contributed by atoms with E-state index < -0.39 is 11.7 Å². The summed E-state index contributed by atoms with van der Waals surface area (Å²) in [7, 11) is 2.44. The van der Waals surface area contributed by atoms with Crippen molar-refractivity contribution in [2.24, 2.45) is 0 Å². The molecular weight excluding hydrogens is 112 g/mol. The van der Waals surface area contributed by atoms with Crippen molar-refractivity contribution in [3.05, 3.63) is 12.3 Å². The largest absolute Gasteiger partial charge is 0.542 e. The molecule has 3 nitrogen and oxygen atoms in total. The minimum Gasteiger partial charge on any atom is -0.542 e. The molecule has 0 aromatic rings. The number of rotatable bonds is 2. The topological polar surface area (TPSA) is 49.4 Å². The van der Waals surface area contributed by atoms with Gasteiger partial charge in [-0.15, -0.1) is 0 Å².